The number of imidazole rings is 1. The van der Waals surface area contributed by atoms with Crippen LogP contribution in [0.2, 0.25) is 0 Å². The van der Waals surface area contributed by atoms with Gasteiger partial charge in [0.1, 0.15) is 5.82 Å². The van der Waals surface area contributed by atoms with Gasteiger partial charge in [-0.2, -0.15) is 0 Å². The maximum atomic E-state index is 6.03. The molecular weight excluding hydrogens is 226 g/mol. The molecule has 5 heteroatoms. The molecule has 96 valence electrons. The van der Waals surface area contributed by atoms with Gasteiger partial charge >= 0.3 is 0 Å². The molecule has 0 fully saturated rings. The summed E-state index contributed by atoms with van der Waals surface area (Å²) >= 11 is 0. The first-order valence-corrected chi connectivity index (χ1v) is 6.14. The topological polar surface area (TPSA) is 68.8 Å². The first kappa shape index (κ1) is 12.6. The number of nitrogens with one attached hydrogen (secondary N) is 1. The highest BCUT2D eigenvalue weighted by Gasteiger charge is 2.19. The number of aromatic nitrogens is 3. The minimum absolute atomic E-state index is 0.0151. The van der Waals surface area contributed by atoms with Crippen molar-refractivity contribution in [3.63, 3.8) is 0 Å². The van der Waals surface area contributed by atoms with Gasteiger partial charge in [0, 0.05) is 43.1 Å². The molecule has 0 saturated heterocycles. The Morgan fingerprint density at radius 1 is 1.44 bits per heavy atom. The van der Waals surface area contributed by atoms with Crippen molar-refractivity contribution in [1.82, 2.24) is 19.9 Å². The molecule has 1 atom stereocenters. The van der Waals surface area contributed by atoms with Crippen molar-refractivity contribution >= 4 is 5.69 Å². The number of hydrogen-bond donors (Lipinski definition) is 2. The van der Waals surface area contributed by atoms with Gasteiger partial charge in [-0.1, -0.05) is 6.92 Å². The molecule has 0 aliphatic carbocycles. The molecule has 2 aromatic heterocycles. The van der Waals surface area contributed by atoms with Crippen LogP contribution in [0.5, 0.6) is 0 Å². The molecule has 0 amide bonds. The summed E-state index contributed by atoms with van der Waals surface area (Å²) in [5.41, 5.74) is 7.74. The van der Waals surface area contributed by atoms with Gasteiger partial charge < -0.3 is 15.6 Å². The number of pyridine rings is 1. The fourth-order valence-corrected chi connectivity index (χ4v) is 1.94. The smallest absolute Gasteiger partial charge is 0.130 e. The Hall–Kier alpha value is -1.88. The summed E-state index contributed by atoms with van der Waals surface area (Å²) < 4.78 is 2.00. The van der Waals surface area contributed by atoms with Crippen LogP contribution in [0.1, 0.15) is 30.8 Å². The summed E-state index contributed by atoms with van der Waals surface area (Å²) in [4.78, 5) is 8.56. The molecule has 5 nitrogen and oxygen atoms in total. The number of anilines is 1. The second-order valence-electron chi connectivity index (χ2n) is 4.29. The predicted molar refractivity (Wildman–Crippen MR) is 72.0 cm³/mol. The van der Waals surface area contributed by atoms with Crippen molar-refractivity contribution in [1.29, 1.82) is 0 Å². The molecule has 2 rings (SSSR count). The van der Waals surface area contributed by atoms with E-state index in [9.17, 15) is 0 Å². The van der Waals surface area contributed by atoms with E-state index in [1.54, 1.807) is 18.6 Å². The summed E-state index contributed by atoms with van der Waals surface area (Å²) in [5, 5.41) is 3.47. The predicted octanol–water partition coefficient (Wildman–Crippen LogP) is 1.49. The van der Waals surface area contributed by atoms with Gasteiger partial charge in [-0.05, 0) is 19.0 Å². The van der Waals surface area contributed by atoms with Gasteiger partial charge in [0.15, 0.2) is 0 Å². The molecule has 2 aromatic rings. The van der Waals surface area contributed by atoms with Gasteiger partial charge in [-0.15, -0.1) is 0 Å². The standard InChI is InChI=1S/C13H19N5/c1-3-5-16-12(13-17-7-8-18(13)2)10-9-15-6-4-11(10)14/h4,6-9,12,16H,3,5H2,1-2H3,(H2,14,15). The van der Waals surface area contributed by atoms with E-state index in [0.717, 1.165) is 30.0 Å². The number of hydrogen-bond acceptors (Lipinski definition) is 4. The largest absolute Gasteiger partial charge is 0.398 e. The Bertz CT molecular complexity index is 506. The normalized spacial score (nSPS) is 12.6. The van der Waals surface area contributed by atoms with Gasteiger partial charge in [0.05, 0.1) is 6.04 Å². The quantitative estimate of drug-likeness (QED) is 0.837. The van der Waals surface area contributed by atoms with Crippen LogP contribution in [-0.2, 0) is 7.05 Å². The van der Waals surface area contributed by atoms with Crippen LogP contribution >= 0.6 is 0 Å². The third-order valence-electron chi connectivity index (χ3n) is 2.91. The molecule has 0 bridgehead atoms. The fourth-order valence-electron chi connectivity index (χ4n) is 1.94. The molecule has 18 heavy (non-hydrogen) atoms. The van der Waals surface area contributed by atoms with E-state index in [1.165, 1.54) is 0 Å². The van der Waals surface area contributed by atoms with Crippen LogP contribution in [0, 0.1) is 0 Å². The second-order valence-corrected chi connectivity index (χ2v) is 4.29. The Morgan fingerprint density at radius 3 is 2.89 bits per heavy atom. The summed E-state index contributed by atoms with van der Waals surface area (Å²) in [7, 11) is 1.98. The van der Waals surface area contributed by atoms with Crippen LogP contribution in [0.15, 0.2) is 30.9 Å². The molecule has 0 aliphatic rings. The Labute approximate surface area is 107 Å². The summed E-state index contributed by atoms with van der Waals surface area (Å²) in [6, 6.07) is 1.80. The van der Waals surface area contributed by atoms with Crippen molar-refractivity contribution in [2.75, 3.05) is 12.3 Å². The zero-order valence-electron chi connectivity index (χ0n) is 10.8. The Morgan fingerprint density at radius 2 is 2.28 bits per heavy atom. The van der Waals surface area contributed by atoms with Crippen LogP contribution in [0.4, 0.5) is 5.69 Å². The zero-order chi connectivity index (χ0) is 13.0. The maximum Gasteiger partial charge on any atom is 0.130 e. The number of nitrogen functional groups attached to an aromatic ring is 1. The molecule has 0 aromatic carbocycles. The van der Waals surface area contributed by atoms with Crippen LogP contribution in [0.3, 0.4) is 0 Å². The summed E-state index contributed by atoms with van der Waals surface area (Å²) in [6.07, 6.45) is 8.29. The Balaban J connectivity index is 2.37. The van der Waals surface area contributed by atoms with Crippen molar-refractivity contribution in [3.05, 3.63) is 42.2 Å². The lowest BCUT2D eigenvalue weighted by atomic mass is 10.1. The fraction of sp³-hybridized carbons (Fsp3) is 0.385. The lowest BCUT2D eigenvalue weighted by molar-refractivity contribution is 0.555. The third kappa shape index (κ3) is 2.51. The van der Waals surface area contributed by atoms with E-state index >= 15 is 0 Å². The van der Waals surface area contributed by atoms with Crippen molar-refractivity contribution < 1.29 is 0 Å². The number of rotatable bonds is 5. The van der Waals surface area contributed by atoms with Crippen LogP contribution < -0.4 is 11.1 Å². The molecule has 2 heterocycles. The molecule has 0 aliphatic heterocycles. The maximum absolute atomic E-state index is 6.03. The van der Waals surface area contributed by atoms with Gasteiger partial charge in [0.2, 0.25) is 0 Å². The highest BCUT2D eigenvalue weighted by molar-refractivity contribution is 5.48. The molecule has 3 N–H and O–H groups in total. The first-order chi connectivity index (χ1) is 8.74. The Kier molecular flexibility index (Phi) is 3.94. The van der Waals surface area contributed by atoms with Crippen molar-refractivity contribution in [3.8, 4) is 0 Å². The van der Waals surface area contributed by atoms with Crippen molar-refractivity contribution in [2.24, 2.45) is 7.05 Å². The monoisotopic (exact) mass is 245 g/mol. The third-order valence-corrected chi connectivity index (χ3v) is 2.91. The number of nitrogens with two attached hydrogens (primary N) is 1. The average Bonchev–Trinajstić information content (AvgIpc) is 2.78. The molecule has 0 saturated carbocycles. The summed E-state index contributed by atoms with van der Waals surface area (Å²) in [6.45, 7) is 3.04. The van der Waals surface area contributed by atoms with E-state index < -0.39 is 0 Å². The van der Waals surface area contributed by atoms with E-state index in [0.29, 0.717) is 0 Å². The second kappa shape index (κ2) is 5.64. The van der Waals surface area contributed by atoms with Crippen LogP contribution in [-0.4, -0.2) is 21.1 Å². The van der Waals surface area contributed by atoms with E-state index in [4.69, 9.17) is 5.73 Å². The van der Waals surface area contributed by atoms with E-state index in [-0.39, 0.29) is 6.04 Å². The molecule has 0 radical (unpaired) electrons. The zero-order valence-corrected chi connectivity index (χ0v) is 10.8. The highest BCUT2D eigenvalue weighted by Crippen LogP contribution is 2.24. The van der Waals surface area contributed by atoms with Crippen molar-refractivity contribution in [2.45, 2.75) is 19.4 Å². The lowest BCUT2D eigenvalue weighted by Crippen LogP contribution is -2.26. The summed E-state index contributed by atoms with van der Waals surface area (Å²) in [5.74, 6) is 0.947. The molecule has 1 unspecified atom stereocenters. The molecular formula is C13H19N5. The SMILES string of the molecule is CCCNC(c1cnccc1N)c1nccn1C. The number of aryl methyl sites for hydroxylation is 1. The highest BCUT2D eigenvalue weighted by atomic mass is 15.1. The lowest BCUT2D eigenvalue weighted by Gasteiger charge is -2.19. The number of nitrogens with zero attached hydrogens (tertiary/aromatic N) is 3. The van der Waals surface area contributed by atoms with E-state index in [2.05, 4.69) is 22.2 Å². The van der Waals surface area contributed by atoms with Crippen LogP contribution in [0.25, 0.3) is 0 Å². The van der Waals surface area contributed by atoms with E-state index in [1.807, 2.05) is 23.9 Å². The minimum atomic E-state index is -0.0151. The van der Waals surface area contributed by atoms with Gasteiger partial charge in [-0.25, -0.2) is 4.98 Å². The molecule has 0 spiro atoms. The average molecular weight is 245 g/mol. The first-order valence-electron chi connectivity index (χ1n) is 6.14. The minimum Gasteiger partial charge on any atom is -0.398 e. The van der Waals surface area contributed by atoms with Gasteiger partial charge in [-0.3, -0.25) is 4.98 Å². The van der Waals surface area contributed by atoms with Gasteiger partial charge in [0.25, 0.3) is 0 Å².